The van der Waals surface area contributed by atoms with E-state index in [1.54, 1.807) is 4.90 Å². The summed E-state index contributed by atoms with van der Waals surface area (Å²) in [6, 6.07) is 4.58. The first-order valence-electron chi connectivity index (χ1n) is 9.19. The summed E-state index contributed by atoms with van der Waals surface area (Å²) in [4.78, 5) is 18.6. The van der Waals surface area contributed by atoms with Gasteiger partial charge in [0.1, 0.15) is 4.32 Å². The van der Waals surface area contributed by atoms with E-state index in [0.29, 0.717) is 10.9 Å². The highest BCUT2D eigenvalue weighted by Crippen LogP contribution is 2.50. The van der Waals surface area contributed by atoms with Crippen LogP contribution in [0.2, 0.25) is 0 Å². The number of thiocarbonyl (C=S) groups is 1. The average molecular weight is 403 g/mol. The third kappa shape index (κ3) is 3.02. The molecule has 2 aliphatic heterocycles. The van der Waals surface area contributed by atoms with Crippen LogP contribution in [0.5, 0.6) is 0 Å². The summed E-state index contributed by atoms with van der Waals surface area (Å²) in [5.41, 5.74) is 4.38. The van der Waals surface area contributed by atoms with Gasteiger partial charge in [-0.05, 0) is 68.9 Å². The van der Waals surface area contributed by atoms with Crippen molar-refractivity contribution in [3.63, 3.8) is 0 Å². The lowest BCUT2D eigenvalue weighted by Gasteiger charge is -2.21. The molecular formula is C20H22N2OS3. The molecule has 1 aliphatic carbocycles. The van der Waals surface area contributed by atoms with Crippen molar-refractivity contribution in [2.45, 2.75) is 44.4 Å². The highest BCUT2D eigenvalue weighted by molar-refractivity contribution is 8.26. The number of anilines is 1. The summed E-state index contributed by atoms with van der Waals surface area (Å²) >= 11 is 8.56. The zero-order valence-corrected chi connectivity index (χ0v) is 17.5. The molecule has 26 heavy (non-hydrogen) atoms. The maximum Gasteiger partial charge on any atom is 0.266 e. The van der Waals surface area contributed by atoms with E-state index in [4.69, 9.17) is 12.2 Å². The van der Waals surface area contributed by atoms with Gasteiger partial charge in [-0.25, -0.2) is 0 Å². The Bertz CT molecular complexity index is 844. The number of carbonyl (C=O) groups excluding carboxylic acids is 1. The Morgan fingerprint density at radius 2 is 1.85 bits per heavy atom. The Balaban J connectivity index is 1.66. The van der Waals surface area contributed by atoms with Crippen LogP contribution in [0.4, 0.5) is 5.69 Å². The third-order valence-electron chi connectivity index (χ3n) is 5.11. The average Bonchev–Trinajstić information content (AvgIpc) is 3.16. The summed E-state index contributed by atoms with van der Waals surface area (Å²) in [6.07, 6.45) is 9.01. The molecule has 3 nitrogen and oxygen atoms in total. The number of rotatable bonds is 3. The SMILES string of the molecule is CCN1C(=O)/C(=C/C=C2/Sc3c(ccc4c3CCCC4)N2CC)SC1=S. The van der Waals surface area contributed by atoms with Crippen molar-refractivity contribution in [2.24, 2.45) is 0 Å². The van der Waals surface area contributed by atoms with Crippen molar-refractivity contribution in [3.05, 3.63) is 45.3 Å². The van der Waals surface area contributed by atoms with E-state index in [1.165, 1.54) is 64.2 Å². The van der Waals surface area contributed by atoms with Crippen LogP contribution >= 0.6 is 35.7 Å². The number of thioether (sulfide) groups is 2. The standard InChI is InChI=1S/C20H22N2OS3/c1-3-21-15-10-9-13-7-5-6-8-14(13)18(15)26-17(21)12-11-16-19(23)22(4-2)20(24)25-16/h9-12H,3-8H2,1-2H3/b16-11-,17-12+. The molecule has 1 fully saturated rings. The second-order valence-corrected chi connectivity index (χ2v) is 9.26. The Morgan fingerprint density at radius 1 is 1.08 bits per heavy atom. The topological polar surface area (TPSA) is 23.6 Å². The quantitative estimate of drug-likeness (QED) is 0.517. The summed E-state index contributed by atoms with van der Waals surface area (Å²) in [5, 5.41) is 1.20. The molecule has 1 aromatic carbocycles. The predicted octanol–water partition coefficient (Wildman–Crippen LogP) is 5.10. The maximum atomic E-state index is 12.4. The predicted molar refractivity (Wildman–Crippen MR) is 116 cm³/mol. The van der Waals surface area contributed by atoms with Crippen LogP contribution in [0.25, 0.3) is 0 Å². The van der Waals surface area contributed by atoms with Crippen molar-refractivity contribution in [1.29, 1.82) is 0 Å². The van der Waals surface area contributed by atoms with Crippen LogP contribution in [0, 0.1) is 0 Å². The summed E-state index contributed by atoms with van der Waals surface area (Å²) in [6.45, 7) is 5.69. The number of amides is 1. The lowest BCUT2D eigenvalue weighted by Crippen LogP contribution is -2.27. The van der Waals surface area contributed by atoms with Crippen LogP contribution in [0.15, 0.2) is 39.1 Å². The number of likely N-dealkylation sites (N-methyl/N-ethyl adjacent to an activating group) is 1. The van der Waals surface area contributed by atoms with Crippen LogP contribution in [-0.2, 0) is 17.6 Å². The Kier molecular flexibility index (Phi) is 5.17. The zero-order valence-electron chi connectivity index (χ0n) is 15.1. The van der Waals surface area contributed by atoms with E-state index in [-0.39, 0.29) is 5.91 Å². The zero-order chi connectivity index (χ0) is 18.3. The molecule has 0 aromatic heterocycles. The van der Waals surface area contributed by atoms with Gasteiger partial charge in [0.15, 0.2) is 0 Å². The maximum absolute atomic E-state index is 12.4. The minimum atomic E-state index is 0.0280. The van der Waals surface area contributed by atoms with E-state index >= 15 is 0 Å². The number of benzene rings is 1. The Morgan fingerprint density at radius 3 is 2.58 bits per heavy atom. The van der Waals surface area contributed by atoms with Gasteiger partial charge in [0.05, 0.1) is 15.6 Å². The van der Waals surface area contributed by atoms with Crippen LogP contribution < -0.4 is 4.90 Å². The van der Waals surface area contributed by atoms with Crippen molar-refractivity contribution in [2.75, 3.05) is 18.0 Å². The Labute approximate surface area is 168 Å². The molecule has 6 heteroatoms. The van der Waals surface area contributed by atoms with Crippen LogP contribution in [-0.4, -0.2) is 28.2 Å². The summed E-state index contributed by atoms with van der Waals surface area (Å²) in [5.74, 6) is 0.0280. The molecule has 0 spiro atoms. The van der Waals surface area contributed by atoms with Gasteiger partial charge in [-0.1, -0.05) is 41.8 Å². The van der Waals surface area contributed by atoms with Crippen molar-refractivity contribution >= 4 is 51.7 Å². The highest BCUT2D eigenvalue weighted by atomic mass is 32.2. The number of aryl methyl sites for hydroxylation is 1. The lowest BCUT2D eigenvalue weighted by atomic mass is 9.91. The summed E-state index contributed by atoms with van der Waals surface area (Å²) < 4.78 is 0.658. The molecule has 0 unspecified atom stereocenters. The van der Waals surface area contributed by atoms with E-state index in [2.05, 4.69) is 30.0 Å². The van der Waals surface area contributed by atoms with Gasteiger partial charge in [0.2, 0.25) is 0 Å². The first-order chi connectivity index (χ1) is 12.6. The smallest absolute Gasteiger partial charge is 0.266 e. The van der Waals surface area contributed by atoms with E-state index < -0.39 is 0 Å². The second kappa shape index (κ2) is 7.41. The minimum Gasteiger partial charge on any atom is -0.335 e. The van der Waals surface area contributed by atoms with Gasteiger partial charge >= 0.3 is 0 Å². The fourth-order valence-corrected chi connectivity index (χ4v) is 6.42. The molecule has 0 saturated carbocycles. The number of hydrogen-bond acceptors (Lipinski definition) is 5. The fourth-order valence-electron chi connectivity index (χ4n) is 3.77. The van der Waals surface area contributed by atoms with Gasteiger partial charge in [-0.15, -0.1) is 0 Å². The first-order valence-corrected chi connectivity index (χ1v) is 11.2. The molecule has 1 aromatic rings. The fraction of sp³-hybridized carbons (Fsp3) is 0.400. The van der Waals surface area contributed by atoms with Gasteiger partial charge in [0.25, 0.3) is 5.91 Å². The molecule has 2 heterocycles. The van der Waals surface area contributed by atoms with Gasteiger partial charge in [-0.2, -0.15) is 0 Å². The molecule has 1 saturated heterocycles. The monoisotopic (exact) mass is 402 g/mol. The molecule has 136 valence electrons. The van der Waals surface area contributed by atoms with Gasteiger partial charge < -0.3 is 4.90 Å². The minimum absolute atomic E-state index is 0.0280. The largest absolute Gasteiger partial charge is 0.335 e. The van der Waals surface area contributed by atoms with E-state index in [9.17, 15) is 4.79 Å². The molecule has 0 atom stereocenters. The van der Waals surface area contributed by atoms with Crippen molar-refractivity contribution in [3.8, 4) is 0 Å². The molecular weight excluding hydrogens is 380 g/mol. The number of hydrogen-bond donors (Lipinski definition) is 0. The van der Waals surface area contributed by atoms with Crippen LogP contribution in [0.1, 0.15) is 37.8 Å². The Hall–Kier alpha value is -1.24. The first kappa shape index (κ1) is 18.1. The molecule has 0 radical (unpaired) electrons. The summed E-state index contributed by atoms with van der Waals surface area (Å²) in [7, 11) is 0. The molecule has 0 N–H and O–H groups in total. The molecule has 0 bridgehead atoms. The van der Waals surface area contributed by atoms with Crippen LogP contribution in [0.3, 0.4) is 0 Å². The van der Waals surface area contributed by atoms with E-state index in [0.717, 1.165) is 11.4 Å². The van der Waals surface area contributed by atoms with Gasteiger partial charge in [-0.3, -0.25) is 9.69 Å². The lowest BCUT2D eigenvalue weighted by molar-refractivity contribution is -0.122. The number of nitrogens with zero attached hydrogens (tertiary/aromatic N) is 2. The van der Waals surface area contributed by atoms with Crippen molar-refractivity contribution < 1.29 is 4.79 Å². The number of fused-ring (bicyclic) bond motifs is 3. The van der Waals surface area contributed by atoms with E-state index in [1.807, 2.05) is 24.8 Å². The molecule has 4 rings (SSSR count). The van der Waals surface area contributed by atoms with Gasteiger partial charge in [0, 0.05) is 18.0 Å². The molecule has 1 amide bonds. The highest BCUT2D eigenvalue weighted by Gasteiger charge is 2.31. The third-order valence-corrected chi connectivity index (χ3v) is 7.73. The van der Waals surface area contributed by atoms with Crippen molar-refractivity contribution in [1.82, 2.24) is 4.90 Å². The number of carbonyl (C=O) groups is 1. The normalized spacial score (nSPS) is 22.5. The number of allylic oxidation sites excluding steroid dienone is 2. The molecule has 3 aliphatic rings. The second-order valence-electron chi connectivity index (χ2n) is 6.56.